The standard InChI is InChI=1S/C13H16BrN/c1-8(2)13-9(3)11-7-10(14)5-6-12(11)15(13)4/h5-8H,1-4H3. The zero-order chi connectivity index (χ0) is 11.2. The number of hydrogen-bond acceptors (Lipinski definition) is 0. The van der Waals surface area contributed by atoms with Crippen LogP contribution in [0.1, 0.15) is 31.0 Å². The molecule has 0 N–H and O–H groups in total. The highest BCUT2D eigenvalue weighted by Crippen LogP contribution is 2.31. The monoisotopic (exact) mass is 265 g/mol. The van der Waals surface area contributed by atoms with Crippen LogP contribution >= 0.6 is 15.9 Å². The van der Waals surface area contributed by atoms with Crippen molar-refractivity contribution in [1.82, 2.24) is 4.57 Å². The van der Waals surface area contributed by atoms with E-state index < -0.39 is 0 Å². The van der Waals surface area contributed by atoms with Gasteiger partial charge in [0.25, 0.3) is 0 Å². The lowest BCUT2D eigenvalue weighted by molar-refractivity contribution is 0.748. The highest BCUT2D eigenvalue weighted by molar-refractivity contribution is 9.10. The van der Waals surface area contributed by atoms with E-state index >= 15 is 0 Å². The molecule has 80 valence electrons. The van der Waals surface area contributed by atoms with Crippen molar-refractivity contribution >= 4 is 26.8 Å². The summed E-state index contributed by atoms with van der Waals surface area (Å²) in [6.45, 7) is 6.70. The van der Waals surface area contributed by atoms with Gasteiger partial charge in [0.2, 0.25) is 0 Å². The Morgan fingerprint density at radius 3 is 2.53 bits per heavy atom. The van der Waals surface area contributed by atoms with Crippen LogP contribution in [-0.4, -0.2) is 4.57 Å². The largest absolute Gasteiger partial charge is 0.347 e. The van der Waals surface area contributed by atoms with Crippen LogP contribution < -0.4 is 0 Å². The first-order chi connectivity index (χ1) is 7.02. The first kappa shape index (κ1) is 10.7. The SMILES string of the molecule is Cc1c(C(C)C)n(C)c2ccc(Br)cc12. The Morgan fingerprint density at radius 2 is 1.93 bits per heavy atom. The van der Waals surface area contributed by atoms with Crippen molar-refractivity contribution in [3.63, 3.8) is 0 Å². The van der Waals surface area contributed by atoms with E-state index in [-0.39, 0.29) is 0 Å². The van der Waals surface area contributed by atoms with Crippen molar-refractivity contribution in [3.05, 3.63) is 33.9 Å². The average molecular weight is 266 g/mol. The molecule has 2 rings (SSSR count). The maximum absolute atomic E-state index is 3.53. The van der Waals surface area contributed by atoms with Crippen LogP contribution in [0.5, 0.6) is 0 Å². The first-order valence-corrected chi connectivity index (χ1v) is 6.06. The van der Waals surface area contributed by atoms with Gasteiger partial charge in [-0.2, -0.15) is 0 Å². The van der Waals surface area contributed by atoms with Gasteiger partial charge >= 0.3 is 0 Å². The lowest BCUT2D eigenvalue weighted by Crippen LogP contribution is -1.99. The predicted octanol–water partition coefficient (Wildman–Crippen LogP) is 4.37. The minimum absolute atomic E-state index is 0.571. The van der Waals surface area contributed by atoms with Gasteiger partial charge in [-0.3, -0.25) is 0 Å². The van der Waals surface area contributed by atoms with Gasteiger partial charge in [-0.05, 0) is 36.6 Å². The summed E-state index contributed by atoms with van der Waals surface area (Å²) in [4.78, 5) is 0. The minimum Gasteiger partial charge on any atom is -0.347 e. The molecule has 15 heavy (non-hydrogen) atoms. The molecule has 0 radical (unpaired) electrons. The molecule has 0 unspecified atom stereocenters. The Hall–Kier alpha value is -0.760. The quantitative estimate of drug-likeness (QED) is 0.722. The third kappa shape index (κ3) is 1.61. The van der Waals surface area contributed by atoms with Gasteiger partial charge in [-0.1, -0.05) is 29.8 Å². The molecule has 2 heteroatoms. The fourth-order valence-electron chi connectivity index (χ4n) is 2.44. The van der Waals surface area contributed by atoms with E-state index in [1.54, 1.807) is 0 Å². The lowest BCUT2D eigenvalue weighted by Gasteiger charge is -2.08. The summed E-state index contributed by atoms with van der Waals surface area (Å²) in [6, 6.07) is 6.49. The Kier molecular flexibility index (Phi) is 2.63. The molecule has 0 aliphatic carbocycles. The second kappa shape index (κ2) is 3.67. The highest BCUT2D eigenvalue weighted by atomic mass is 79.9. The van der Waals surface area contributed by atoms with Crippen LogP contribution in [0.4, 0.5) is 0 Å². The van der Waals surface area contributed by atoms with Crippen molar-refractivity contribution in [1.29, 1.82) is 0 Å². The van der Waals surface area contributed by atoms with Gasteiger partial charge in [0.05, 0.1) is 0 Å². The Bertz CT molecular complexity index is 509. The minimum atomic E-state index is 0.571. The number of aromatic nitrogens is 1. The summed E-state index contributed by atoms with van der Waals surface area (Å²) in [5.74, 6) is 0.571. The summed E-state index contributed by atoms with van der Waals surface area (Å²) >= 11 is 3.53. The van der Waals surface area contributed by atoms with Crippen LogP contribution in [0.2, 0.25) is 0 Å². The summed E-state index contributed by atoms with van der Waals surface area (Å²) in [5.41, 5.74) is 4.16. The summed E-state index contributed by atoms with van der Waals surface area (Å²) < 4.78 is 3.46. The van der Waals surface area contributed by atoms with E-state index in [0.29, 0.717) is 5.92 Å². The number of rotatable bonds is 1. The molecule has 1 aromatic carbocycles. The van der Waals surface area contributed by atoms with E-state index in [4.69, 9.17) is 0 Å². The third-order valence-electron chi connectivity index (χ3n) is 3.02. The van der Waals surface area contributed by atoms with Gasteiger partial charge in [0.15, 0.2) is 0 Å². The number of fused-ring (bicyclic) bond motifs is 1. The number of benzene rings is 1. The lowest BCUT2D eigenvalue weighted by atomic mass is 10.1. The molecule has 0 fully saturated rings. The molecule has 1 nitrogen and oxygen atoms in total. The topological polar surface area (TPSA) is 4.93 Å². The fourth-order valence-corrected chi connectivity index (χ4v) is 2.80. The van der Waals surface area contributed by atoms with Crippen molar-refractivity contribution in [3.8, 4) is 0 Å². The molecule has 0 atom stereocenters. The van der Waals surface area contributed by atoms with E-state index in [1.165, 1.54) is 22.2 Å². The number of halogens is 1. The van der Waals surface area contributed by atoms with Gasteiger partial charge in [-0.15, -0.1) is 0 Å². The second-order valence-corrected chi connectivity index (χ2v) is 5.30. The molecule has 0 saturated carbocycles. The number of nitrogens with zero attached hydrogens (tertiary/aromatic N) is 1. The van der Waals surface area contributed by atoms with Crippen molar-refractivity contribution in [2.24, 2.45) is 7.05 Å². The normalized spacial score (nSPS) is 11.6. The van der Waals surface area contributed by atoms with Crippen molar-refractivity contribution < 1.29 is 0 Å². The Labute approximate surface area is 99.2 Å². The van der Waals surface area contributed by atoms with Crippen LogP contribution in [0.3, 0.4) is 0 Å². The summed E-state index contributed by atoms with van der Waals surface area (Å²) in [5, 5.41) is 1.36. The molecular formula is C13H16BrN. The maximum Gasteiger partial charge on any atom is 0.0483 e. The zero-order valence-electron chi connectivity index (χ0n) is 9.63. The van der Waals surface area contributed by atoms with Gasteiger partial charge < -0.3 is 4.57 Å². The van der Waals surface area contributed by atoms with E-state index in [2.05, 4.69) is 66.5 Å². The van der Waals surface area contributed by atoms with Gasteiger partial charge in [-0.25, -0.2) is 0 Å². The molecule has 1 aromatic heterocycles. The van der Waals surface area contributed by atoms with Crippen molar-refractivity contribution in [2.45, 2.75) is 26.7 Å². The summed E-state index contributed by atoms with van der Waals surface area (Å²) in [7, 11) is 2.15. The molecular weight excluding hydrogens is 250 g/mol. The Morgan fingerprint density at radius 1 is 1.27 bits per heavy atom. The third-order valence-corrected chi connectivity index (χ3v) is 3.51. The van der Waals surface area contributed by atoms with Crippen LogP contribution in [0.25, 0.3) is 10.9 Å². The molecule has 0 spiro atoms. The zero-order valence-corrected chi connectivity index (χ0v) is 11.2. The van der Waals surface area contributed by atoms with E-state index in [9.17, 15) is 0 Å². The molecule has 0 saturated heterocycles. The molecule has 0 aliphatic heterocycles. The van der Waals surface area contributed by atoms with Gasteiger partial charge in [0.1, 0.15) is 0 Å². The molecule has 2 aromatic rings. The van der Waals surface area contributed by atoms with Crippen LogP contribution in [0.15, 0.2) is 22.7 Å². The molecule has 0 aliphatic rings. The fraction of sp³-hybridized carbons (Fsp3) is 0.385. The highest BCUT2D eigenvalue weighted by Gasteiger charge is 2.13. The van der Waals surface area contributed by atoms with Gasteiger partial charge in [0, 0.05) is 28.1 Å². The summed E-state index contributed by atoms with van der Waals surface area (Å²) in [6.07, 6.45) is 0. The maximum atomic E-state index is 3.53. The second-order valence-electron chi connectivity index (χ2n) is 4.39. The predicted molar refractivity (Wildman–Crippen MR) is 69.4 cm³/mol. The molecule has 1 heterocycles. The van der Waals surface area contributed by atoms with Crippen molar-refractivity contribution in [2.75, 3.05) is 0 Å². The number of hydrogen-bond donors (Lipinski definition) is 0. The molecule has 0 bridgehead atoms. The van der Waals surface area contributed by atoms with E-state index in [0.717, 1.165) is 4.47 Å². The smallest absolute Gasteiger partial charge is 0.0483 e. The van der Waals surface area contributed by atoms with Crippen LogP contribution in [0, 0.1) is 6.92 Å². The number of aryl methyl sites for hydroxylation is 2. The average Bonchev–Trinajstić information content (AvgIpc) is 2.39. The first-order valence-electron chi connectivity index (χ1n) is 5.26. The Balaban J connectivity index is 2.85. The van der Waals surface area contributed by atoms with E-state index in [1.807, 2.05) is 0 Å². The van der Waals surface area contributed by atoms with Crippen LogP contribution in [-0.2, 0) is 7.05 Å². The molecule has 0 amide bonds.